The van der Waals surface area contributed by atoms with Crippen LogP contribution >= 0.6 is 0 Å². The predicted octanol–water partition coefficient (Wildman–Crippen LogP) is 6.37. The van der Waals surface area contributed by atoms with Crippen LogP contribution in [0.5, 0.6) is 0 Å². The Morgan fingerprint density at radius 1 is 0.972 bits per heavy atom. The lowest BCUT2D eigenvalue weighted by Gasteiger charge is -2.56. The van der Waals surface area contributed by atoms with Crippen molar-refractivity contribution >= 4 is 17.4 Å². The van der Waals surface area contributed by atoms with Gasteiger partial charge in [0, 0.05) is 36.4 Å². The zero-order valence-corrected chi connectivity index (χ0v) is 22.0. The van der Waals surface area contributed by atoms with Crippen molar-refractivity contribution in [1.82, 2.24) is 5.32 Å². The lowest BCUT2D eigenvalue weighted by molar-refractivity contribution is -0.134. The third-order valence-electron chi connectivity index (χ3n) is 11.5. The van der Waals surface area contributed by atoms with Gasteiger partial charge in [-0.15, -0.1) is 0 Å². The predicted molar refractivity (Wildman–Crippen MR) is 139 cm³/mol. The van der Waals surface area contributed by atoms with Crippen LogP contribution in [0.15, 0.2) is 29.3 Å². The van der Waals surface area contributed by atoms with E-state index in [1.165, 1.54) is 18.6 Å². The Balaban J connectivity index is 1.24. The van der Waals surface area contributed by atoms with Crippen molar-refractivity contribution in [1.29, 1.82) is 0 Å². The fourth-order valence-electron chi connectivity index (χ4n) is 9.37. The molecule has 0 radical (unpaired) electrons. The number of fused-ring (bicyclic) bond motifs is 5. The van der Waals surface area contributed by atoms with Crippen molar-refractivity contribution in [3.8, 4) is 0 Å². The Kier molecular flexibility index (Phi) is 5.92. The van der Waals surface area contributed by atoms with Gasteiger partial charge in [0.05, 0.1) is 5.54 Å². The summed E-state index contributed by atoms with van der Waals surface area (Å²) in [6.07, 6.45) is 11.7. The number of Topliss-reactive ketones (excluding diaryl/α,β-unsaturated/α-hetero) is 1. The SMILES string of the molecule is C[C@]12CCC(=O)CC1=NC[C@@H]1[C@H]2CC[C@]2(C)C(C(=O)NC3(c4ccc(F)cc4)CCCCC3)CC[C@@H]12. The molecule has 1 aromatic carbocycles. The molecule has 0 saturated heterocycles. The quantitative estimate of drug-likeness (QED) is 0.533. The highest BCUT2D eigenvalue weighted by molar-refractivity contribution is 6.07. The minimum absolute atomic E-state index is 0.00221. The van der Waals surface area contributed by atoms with Crippen LogP contribution in [0.1, 0.15) is 96.5 Å². The first-order valence-corrected chi connectivity index (χ1v) is 14.4. The van der Waals surface area contributed by atoms with Crippen LogP contribution in [0.4, 0.5) is 4.39 Å². The number of nitrogens with zero attached hydrogens (tertiary/aromatic N) is 1. The van der Waals surface area contributed by atoms with Crippen LogP contribution in [0.25, 0.3) is 0 Å². The molecule has 1 aromatic rings. The van der Waals surface area contributed by atoms with Crippen LogP contribution in [0.2, 0.25) is 0 Å². The molecule has 5 heteroatoms. The van der Waals surface area contributed by atoms with Gasteiger partial charge in [-0.3, -0.25) is 14.6 Å². The highest BCUT2D eigenvalue weighted by Gasteiger charge is 2.60. The summed E-state index contributed by atoms with van der Waals surface area (Å²) in [5.74, 6) is 1.97. The van der Waals surface area contributed by atoms with E-state index in [1.54, 1.807) is 0 Å². The summed E-state index contributed by atoms with van der Waals surface area (Å²) in [5, 5.41) is 3.57. The number of hydrogen-bond acceptors (Lipinski definition) is 3. The fraction of sp³-hybridized carbons (Fsp3) is 0.710. The van der Waals surface area contributed by atoms with E-state index in [2.05, 4.69) is 19.2 Å². The van der Waals surface area contributed by atoms with Crippen LogP contribution in [-0.4, -0.2) is 23.9 Å². The molecule has 4 nitrogen and oxygen atoms in total. The van der Waals surface area contributed by atoms with E-state index in [1.807, 2.05) is 12.1 Å². The first-order valence-electron chi connectivity index (χ1n) is 14.4. The summed E-state index contributed by atoms with van der Waals surface area (Å²) >= 11 is 0. The molecule has 4 saturated carbocycles. The standard InChI is InChI=1S/C31H41FN2O2/c1-29-17-13-25-23(19-33-27-18-22(35)12-16-30(25,27)2)24(29)10-11-26(29)28(36)34-31(14-4-3-5-15-31)20-6-8-21(32)9-7-20/h6-9,23-26H,3-5,10-19H2,1-2H3,(H,34,36)/t23-,24-,25+,26?,29-,30+/m0/s1. The molecule has 0 spiro atoms. The molecule has 4 fully saturated rings. The van der Waals surface area contributed by atoms with Gasteiger partial charge >= 0.3 is 0 Å². The number of carbonyl (C=O) groups is 2. The number of amides is 1. The average molecular weight is 493 g/mol. The fourth-order valence-corrected chi connectivity index (χ4v) is 9.37. The summed E-state index contributed by atoms with van der Waals surface area (Å²) in [4.78, 5) is 31.2. The van der Waals surface area contributed by atoms with Crippen molar-refractivity contribution in [2.75, 3.05) is 6.54 Å². The van der Waals surface area contributed by atoms with Gasteiger partial charge in [-0.1, -0.05) is 45.2 Å². The van der Waals surface area contributed by atoms with Crippen LogP contribution in [0.3, 0.4) is 0 Å². The third-order valence-corrected chi connectivity index (χ3v) is 11.5. The number of halogens is 1. The summed E-state index contributed by atoms with van der Waals surface area (Å²) in [6.45, 7) is 5.58. The Hall–Kier alpha value is -2.04. The van der Waals surface area contributed by atoms with Crippen LogP contribution < -0.4 is 5.32 Å². The first-order chi connectivity index (χ1) is 17.3. The van der Waals surface area contributed by atoms with Crippen molar-refractivity contribution in [3.63, 3.8) is 0 Å². The number of aliphatic imine (C=N–C) groups is 1. The number of nitrogens with one attached hydrogen (secondary N) is 1. The second-order valence-corrected chi connectivity index (χ2v) is 13.1. The van der Waals surface area contributed by atoms with E-state index in [0.29, 0.717) is 36.4 Å². The van der Waals surface area contributed by atoms with Gasteiger partial charge in [-0.05, 0) is 85.8 Å². The molecule has 36 heavy (non-hydrogen) atoms. The summed E-state index contributed by atoms with van der Waals surface area (Å²) in [7, 11) is 0. The summed E-state index contributed by atoms with van der Waals surface area (Å²) in [5.41, 5.74) is 1.90. The molecular weight excluding hydrogens is 451 g/mol. The smallest absolute Gasteiger partial charge is 0.224 e. The van der Waals surface area contributed by atoms with Crippen molar-refractivity contribution in [2.45, 2.75) is 96.4 Å². The summed E-state index contributed by atoms with van der Waals surface area (Å²) in [6, 6.07) is 6.81. The largest absolute Gasteiger partial charge is 0.346 e. The molecule has 1 amide bonds. The molecule has 1 aliphatic heterocycles. The molecule has 1 unspecified atom stereocenters. The van der Waals surface area contributed by atoms with Crippen LogP contribution in [0, 0.1) is 40.3 Å². The van der Waals surface area contributed by atoms with Gasteiger partial charge in [0.15, 0.2) is 0 Å². The molecule has 6 atom stereocenters. The average Bonchev–Trinajstić information content (AvgIpc) is 3.23. The minimum atomic E-state index is -0.374. The molecule has 4 aliphatic carbocycles. The molecule has 6 rings (SSSR count). The molecule has 1 N–H and O–H groups in total. The third kappa shape index (κ3) is 3.70. The number of rotatable bonds is 3. The maximum absolute atomic E-state index is 14.1. The molecular formula is C31H41FN2O2. The monoisotopic (exact) mass is 492 g/mol. The Morgan fingerprint density at radius 2 is 1.72 bits per heavy atom. The maximum Gasteiger partial charge on any atom is 0.224 e. The Bertz CT molecular complexity index is 1070. The van der Waals surface area contributed by atoms with Crippen molar-refractivity contribution < 1.29 is 14.0 Å². The van der Waals surface area contributed by atoms with Gasteiger partial charge in [0.2, 0.25) is 5.91 Å². The number of carbonyl (C=O) groups excluding carboxylic acids is 2. The molecule has 1 heterocycles. The molecule has 0 bridgehead atoms. The van der Waals surface area contributed by atoms with E-state index in [0.717, 1.165) is 75.6 Å². The Morgan fingerprint density at radius 3 is 2.47 bits per heavy atom. The maximum atomic E-state index is 14.1. The number of benzene rings is 1. The van der Waals surface area contributed by atoms with E-state index in [9.17, 15) is 14.0 Å². The highest BCUT2D eigenvalue weighted by Crippen LogP contribution is 2.63. The molecule has 0 aromatic heterocycles. The van der Waals surface area contributed by atoms with Gasteiger partial charge in [-0.2, -0.15) is 0 Å². The molecule has 194 valence electrons. The second-order valence-electron chi connectivity index (χ2n) is 13.1. The Labute approximate surface area is 214 Å². The lowest BCUT2D eigenvalue weighted by Crippen LogP contribution is -2.56. The zero-order chi connectivity index (χ0) is 25.1. The first kappa shape index (κ1) is 24.3. The van der Waals surface area contributed by atoms with E-state index in [4.69, 9.17) is 4.99 Å². The van der Waals surface area contributed by atoms with Crippen molar-refractivity contribution in [2.24, 2.45) is 39.5 Å². The normalized spacial score (nSPS) is 39.4. The topological polar surface area (TPSA) is 58.5 Å². The van der Waals surface area contributed by atoms with Gasteiger partial charge in [-0.25, -0.2) is 4.39 Å². The lowest BCUT2D eigenvalue weighted by atomic mass is 9.49. The van der Waals surface area contributed by atoms with E-state index in [-0.39, 0.29) is 34.0 Å². The van der Waals surface area contributed by atoms with E-state index < -0.39 is 0 Å². The number of hydrogen-bond donors (Lipinski definition) is 1. The summed E-state index contributed by atoms with van der Waals surface area (Å²) < 4.78 is 13.7. The van der Waals surface area contributed by atoms with Gasteiger partial charge in [0.25, 0.3) is 0 Å². The molecule has 5 aliphatic rings. The van der Waals surface area contributed by atoms with Gasteiger partial charge < -0.3 is 5.32 Å². The van der Waals surface area contributed by atoms with Crippen LogP contribution in [-0.2, 0) is 15.1 Å². The minimum Gasteiger partial charge on any atom is -0.346 e. The highest BCUT2D eigenvalue weighted by atomic mass is 19.1. The van der Waals surface area contributed by atoms with E-state index >= 15 is 0 Å². The van der Waals surface area contributed by atoms with Gasteiger partial charge in [0.1, 0.15) is 11.6 Å². The number of ketones is 1. The second kappa shape index (κ2) is 8.77. The van der Waals surface area contributed by atoms with Crippen molar-refractivity contribution in [3.05, 3.63) is 35.6 Å². The zero-order valence-electron chi connectivity index (χ0n) is 22.0.